The van der Waals surface area contributed by atoms with Crippen LogP contribution >= 0.6 is 15.9 Å². The largest absolute Gasteiger partial charge is 0.352 e. The van der Waals surface area contributed by atoms with E-state index in [0.29, 0.717) is 16.9 Å². The molecule has 2 aromatic rings. The lowest BCUT2D eigenvalue weighted by Gasteiger charge is -2.09. The van der Waals surface area contributed by atoms with Gasteiger partial charge in [-0.05, 0) is 30.3 Å². The van der Waals surface area contributed by atoms with Crippen molar-refractivity contribution in [2.45, 2.75) is 0 Å². The molecule has 0 fully saturated rings. The summed E-state index contributed by atoms with van der Waals surface area (Å²) in [6.07, 6.45) is 0. The normalized spacial score (nSPS) is 9.71. The van der Waals surface area contributed by atoms with Gasteiger partial charge in [0.2, 0.25) is 0 Å². The maximum absolute atomic E-state index is 13.5. The summed E-state index contributed by atoms with van der Waals surface area (Å²) in [7, 11) is 0. The highest BCUT2D eigenvalue weighted by Gasteiger charge is 2.05. The Balaban J connectivity index is 2.40. The predicted octanol–water partition coefficient (Wildman–Crippen LogP) is 4.20. The van der Waals surface area contributed by atoms with Crippen LogP contribution in [0.25, 0.3) is 0 Å². The van der Waals surface area contributed by atoms with Gasteiger partial charge in [0.15, 0.2) is 0 Å². The SMILES string of the molecule is N#Cc1ccc(Br)cc1Nc1ccccc1F. The van der Waals surface area contributed by atoms with Crippen molar-refractivity contribution in [2.24, 2.45) is 0 Å². The zero-order chi connectivity index (χ0) is 12.3. The first-order valence-corrected chi connectivity index (χ1v) is 5.71. The molecule has 4 heteroatoms. The Bertz CT molecular complexity index is 590. The van der Waals surface area contributed by atoms with Crippen LogP contribution in [0, 0.1) is 17.1 Å². The molecule has 0 aliphatic heterocycles. The Morgan fingerprint density at radius 1 is 1.12 bits per heavy atom. The van der Waals surface area contributed by atoms with E-state index >= 15 is 0 Å². The topological polar surface area (TPSA) is 35.8 Å². The van der Waals surface area contributed by atoms with Gasteiger partial charge >= 0.3 is 0 Å². The molecule has 0 unspecified atom stereocenters. The Kier molecular flexibility index (Phi) is 3.40. The Morgan fingerprint density at radius 2 is 1.88 bits per heavy atom. The molecule has 0 aliphatic carbocycles. The smallest absolute Gasteiger partial charge is 0.146 e. The minimum atomic E-state index is -0.351. The molecule has 2 aromatic carbocycles. The van der Waals surface area contributed by atoms with Crippen LogP contribution in [0.3, 0.4) is 0 Å². The van der Waals surface area contributed by atoms with Crippen LogP contribution in [0.1, 0.15) is 5.56 Å². The van der Waals surface area contributed by atoms with E-state index in [9.17, 15) is 4.39 Å². The van der Waals surface area contributed by atoms with Crippen LogP contribution in [0.15, 0.2) is 46.9 Å². The quantitative estimate of drug-likeness (QED) is 0.900. The number of hydrogen-bond acceptors (Lipinski definition) is 2. The van der Waals surface area contributed by atoms with Gasteiger partial charge < -0.3 is 5.32 Å². The van der Waals surface area contributed by atoms with E-state index in [1.54, 1.807) is 36.4 Å². The molecule has 0 aliphatic rings. The van der Waals surface area contributed by atoms with Gasteiger partial charge in [0.25, 0.3) is 0 Å². The number of hydrogen-bond donors (Lipinski definition) is 1. The lowest BCUT2D eigenvalue weighted by molar-refractivity contribution is 0.632. The molecule has 2 nitrogen and oxygen atoms in total. The van der Waals surface area contributed by atoms with Crippen molar-refractivity contribution < 1.29 is 4.39 Å². The molecule has 0 aromatic heterocycles. The summed E-state index contributed by atoms with van der Waals surface area (Å²) < 4.78 is 14.3. The van der Waals surface area contributed by atoms with Crippen LogP contribution in [0.4, 0.5) is 15.8 Å². The molecule has 0 radical (unpaired) electrons. The first-order chi connectivity index (χ1) is 8.20. The number of nitrogens with one attached hydrogen (secondary N) is 1. The molecule has 2 rings (SSSR count). The second-order valence-electron chi connectivity index (χ2n) is 3.41. The summed E-state index contributed by atoms with van der Waals surface area (Å²) in [6, 6.07) is 13.6. The molecule has 0 atom stereocenters. The maximum atomic E-state index is 13.5. The van der Waals surface area contributed by atoms with Gasteiger partial charge in [-0.25, -0.2) is 4.39 Å². The van der Waals surface area contributed by atoms with Gasteiger partial charge in [0.05, 0.1) is 16.9 Å². The Morgan fingerprint density at radius 3 is 2.59 bits per heavy atom. The molecule has 1 N–H and O–H groups in total. The zero-order valence-electron chi connectivity index (χ0n) is 8.74. The fourth-order valence-electron chi connectivity index (χ4n) is 1.43. The van der Waals surface area contributed by atoms with E-state index in [0.717, 1.165) is 4.47 Å². The summed E-state index contributed by atoms with van der Waals surface area (Å²) in [6.45, 7) is 0. The third kappa shape index (κ3) is 2.63. The van der Waals surface area contributed by atoms with Crippen molar-refractivity contribution >= 4 is 27.3 Å². The highest BCUT2D eigenvalue weighted by atomic mass is 79.9. The molecular formula is C13H8BrFN2. The van der Waals surface area contributed by atoms with E-state index in [4.69, 9.17) is 5.26 Å². The van der Waals surface area contributed by atoms with Crippen molar-refractivity contribution in [3.63, 3.8) is 0 Å². The minimum absolute atomic E-state index is 0.349. The fourth-order valence-corrected chi connectivity index (χ4v) is 1.79. The average molecular weight is 291 g/mol. The van der Waals surface area contributed by atoms with E-state index < -0.39 is 0 Å². The van der Waals surface area contributed by atoms with E-state index in [1.807, 2.05) is 0 Å². The van der Waals surface area contributed by atoms with Crippen molar-refractivity contribution in [3.05, 3.63) is 58.3 Å². The van der Waals surface area contributed by atoms with Crippen LogP contribution in [-0.2, 0) is 0 Å². The molecule has 0 amide bonds. The molecule has 0 saturated carbocycles. The Labute approximate surface area is 107 Å². The molecule has 0 saturated heterocycles. The van der Waals surface area contributed by atoms with Gasteiger partial charge in [-0.3, -0.25) is 0 Å². The highest BCUT2D eigenvalue weighted by Crippen LogP contribution is 2.25. The molecule has 0 heterocycles. The number of nitriles is 1. The number of para-hydroxylation sites is 1. The van der Waals surface area contributed by atoms with Crippen LogP contribution in [0.2, 0.25) is 0 Å². The van der Waals surface area contributed by atoms with Crippen LogP contribution < -0.4 is 5.32 Å². The Hall–Kier alpha value is -1.86. The van der Waals surface area contributed by atoms with Crippen LogP contribution in [0.5, 0.6) is 0 Å². The second kappa shape index (κ2) is 4.98. The molecular weight excluding hydrogens is 283 g/mol. The van der Waals surface area contributed by atoms with Crippen molar-refractivity contribution in [2.75, 3.05) is 5.32 Å². The van der Waals surface area contributed by atoms with Gasteiger partial charge in [0.1, 0.15) is 11.9 Å². The van der Waals surface area contributed by atoms with Gasteiger partial charge in [-0.15, -0.1) is 0 Å². The third-order valence-electron chi connectivity index (χ3n) is 2.25. The van der Waals surface area contributed by atoms with Gasteiger partial charge in [0, 0.05) is 4.47 Å². The number of nitrogens with zero attached hydrogens (tertiary/aromatic N) is 1. The first-order valence-electron chi connectivity index (χ1n) is 4.92. The van der Waals surface area contributed by atoms with Crippen molar-refractivity contribution in [1.29, 1.82) is 5.26 Å². The highest BCUT2D eigenvalue weighted by molar-refractivity contribution is 9.10. The number of benzene rings is 2. The summed E-state index contributed by atoms with van der Waals surface area (Å²) in [4.78, 5) is 0. The van der Waals surface area contributed by atoms with E-state index in [2.05, 4.69) is 27.3 Å². The molecule has 84 valence electrons. The monoisotopic (exact) mass is 290 g/mol. The lowest BCUT2D eigenvalue weighted by Crippen LogP contribution is -1.96. The summed E-state index contributed by atoms with van der Waals surface area (Å²) in [5.74, 6) is -0.351. The third-order valence-corrected chi connectivity index (χ3v) is 2.74. The maximum Gasteiger partial charge on any atom is 0.146 e. The predicted molar refractivity (Wildman–Crippen MR) is 68.5 cm³/mol. The molecule has 0 spiro atoms. The second-order valence-corrected chi connectivity index (χ2v) is 4.32. The molecule has 0 bridgehead atoms. The lowest BCUT2D eigenvalue weighted by atomic mass is 10.2. The minimum Gasteiger partial charge on any atom is -0.352 e. The van der Waals surface area contributed by atoms with Gasteiger partial charge in [-0.2, -0.15) is 5.26 Å². The molecule has 17 heavy (non-hydrogen) atoms. The summed E-state index contributed by atoms with van der Waals surface area (Å²) in [5, 5.41) is 11.9. The fraction of sp³-hybridized carbons (Fsp3) is 0. The van der Waals surface area contributed by atoms with E-state index in [1.165, 1.54) is 6.07 Å². The number of rotatable bonds is 2. The standard InChI is InChI=1S/C13H8BrFN2/c14-10-6-5-9(8-16)13(7-10)17-12-4-2-1-3-11(12)15/h1-7,17H. The number of halogens is 2. The van der Waals surface area contributed by atoms with E-state index in [-0.39, 0.29) is 5.82 Å². The first kappa shape index (κ1) is 11.6. The zero-order valence-corrected chi connectivity index (χ0v) is 10.3. The van der Waals surface area contributed by atoms with Gasteiger partial charge in [-0.1, -0.05) is 28.1 Å². The summed E-state index contributed by atoms with van der Waals surface area (Å²) in [5.41, 5.74) is 1.39. The average Bonchev–Trinajstić information content (AvgIpc) is 2.32. The number of anilines is 2. The van der Waals surface area contributed by atoms with Crippen molar-refractivity contribution in [3.8, 4) is 6.07 Å². The van der Waals surface area contributed by atoms with Crippen LogP contribution in [-0.4, -0.2) is 0 Å². The van der Waals surface area contributed by atoms with Crippen molar-refractivity contribution in [1.82, 2.24) is 0 Å². The summed E-state index contributed by atoms with van der Waals surface area (Å²) >= 11 is 3.31.